The molecule has 5 nitrogen and oxygen atoms in total. The predicted molar refractivity (Wildman–Crippen MR) is 58.3 cm³/mol. The van der Waals surface area contributed by atoms with Crippen molar-refractivity contribution in [3.63, 3.8) is 0 Å². The largest absolute Gasteiger partial charge is 0.497 e. The van der Waals surface area contributed by atoms with Crippen molar-refractivity contribution in [2.24, 2.45) is 0 Å². The maximum Gasteiger partial charge on any atom is 0.435 e. The Labute approximate surface area is 105 Å². The van der Waals surface area contributed by atoms with E-state index >= 15 is 0 Å². The number of aldehydes is 1. The van der Waals surface area contributed by atoms with Crippen LogP contribution in [0.25, 0.3) is 5.69 Å². The van der Waals surface area contributed by atoms with Gasteiger partial charge in [-0.15, -0.1) is 5.10 Å². The molecule has 0 saturated heterocycles. The van der Waals surface area contributed by atoms with Gasteiger partial charge in [-0.2, -0.15) is 13.2 Å². The topological polar surface area (TPSA) is 57.0 Å². The molecule has 0 bridgehead atoms. The summed E-state index contributed by atoms with van der Waals surface area (Å²) >= 11 is 0. The van der Waals surface area contributed by atoms with Gasteiger partial charge < -0.3 is 4.74 Å². The fourth-order valence-electron chi connectivity index (χ4n) is 1.54. The van der Waals surface area contributed by atoms with E-state index in [2.05, 4.69) is 10.3 Å². The van der Waals surface area contributed by atoms with Crippen LogP contribution in [0.1, 0.15) is 16.2 Å². The van der Waals surface area contributed by atoms with Crippen LogP contribution in [0, 0.1) is 0 Å². The van der Waals surface area contributed by atoms with Crippen molar-refractivity contribution in [3.8, 4) is 11.4 Å². The number of aromatic nitrogens is 3. The number of benzene rings is 1. The van der Waals surface area contributed by atoms with Gasteiger partial charge >= 0.3 is 6.18 Å². The first-order chi connectivity index (χ1) is 8.97. The summed E-state index contributed by atoms with van der Waals surface area (Å²) in [6.45, 7) is 0. The first-order valence-electron chi connectivity index (χ1n) is 5.10. The van der Waals surface area contributed by atoms with E-state index in [1.807, 2.05) is 0 Å². The Kier molecular flexibility index (Phi) is 3.24. The van der Waals surface area contributed by atoms with Crippen molar-refractivity contribution in [1.82, 2.24) is 15.0 Å². The summed E-state index contributed by atoms with van der Waals surface area (Å²) < 4.78 is 44.1. The highest BCUT2D eigenvalue weighted by molar-refractivity contribution is 5.73. The van der Waals surface area contributed by atoms with Crippen LogP contribution in [0.3, 0.4) is 0 Å². The van der Waals surface area contributed by atoms with Gasteiger partial charge in [0.05, 0.1) is 12.8 Å². The number of methoxy groups -OCH3 is 1. The molecule has 2 rings (SSSR count). The predicted octanol–water partition coefficient (Wildman–Crippen LogP) is 2.11. The molecule has 100 valence electrons. The Morgan fingerprint density at radius 2 is 1.89 bits per heavy atom. The lowest BCUT2D eigenvalue weighted by molar-refractivity contribution is -0.143. The SMILES string of the molecule is COc1ccc(-n2nnc(C=O)c2C(F)(F)F)cc1. The number of alkyl halides is 3. The third-order valence-corrected chi connectivity index (χ3v) is 2.39. The van der Waals surface area contributed by atoms with Crippen LogP contribution in [-0.2, 0) is 6.18 Å². The molecule has 0 radical (unpaired) electrons. The Hall–Kier alpha value is -2.38. The first kappa shape index (κ1) is 13.1. The summed E-state index contributed by atoms with van der Waals surface area (Å²) in [6.07, 6.45) is -4.70. The van der Waals surface area contributed by atoms with Crippen LogP contribution in [0.15, 0.2) is 24.3 Å². The molecule has 0 aliphatic rings. The average Bonchev–Trinajstić information content (AvgIpc) is 2.82. The van der Waals surface area contributed by atoms with Gasteiger partial charge in [0.25, 0.3) is 0 Å². The molecule has 0 spiro atoms. The van der Waals surface area contributed by atoms with Crippen molar-refractivity contribution in [2.45, 2.75) is 6.18 Å². The Morgan fingerprint density at radius 1 is 1.26 bits per heavy atom. The molecule has 8 heteroatoms. The lowest BCUT2D eigenvalue weighted by atomic mass is 10.2. The van der Waals surface area contributed by atoms with Gasteiger partial charge in [0, 0.05) is 0 Å². The van der Waals surface area contributed by atoms with E-state index in [9.17, 15) is 18.0 Å². The molecule has 1 aromatic heterocycles. The van der Waals surface area contributed by atoms with Crippen molar-refractivity contribution in [2.75, 3.05) is 7.11 Å². The van der Waals surface area contributed by atoms with Gasteiger partial charge in [0.1, 0.15) is 5.75 Å². The van der Waals surface area contributed by atoms with E-state index in [0.29, 0.717) is 10.4 Å². The first-order valence-corrected chi connectivity index (χ1v) is 5.10. The summed E-state index contributed by atoms with van der Waals surface area (Å²) in [4.78, 5) is 10.6. The number of rotatable bonds is 3. The highest BCUT2D eigenvalue weighted by Crippen LogP contribution is 2.32. The normalized spacial score (nSPS) is 11.4. The smallest absolute Gasteiger partial charge is 0.435 e. The Morgan fingerprint density at radius 3 is 2.37 bits per heavy atom. The maximum absolute atomic E-state index is 12.9. The van der Waals surface area contributed by atoms with Crippen LogP contribution in [0.2, 0.25) is 0 Å². The van der Waals surface area contributed by atoms with Crippen molar-refractivity contribution in [1.29, 1.82) is 0 Å². The molecular weight excluding hydrogens is 263 g/mol. The van der Waals surface area contributed by atoms with Gasteiger partial charge in [-0.1, -0.05) is 5.21 Å². The molecule has 0 saturated carbocycles. The lowest BCUT2D eigenvalue weighted by Crippen LogP contribution is -2.15. The third kappa shape index (κ3) is 2.42. The summed E-state index contributed by atoms with van der Waals surface area (Å²) in [7, 11) is 1.44. The fraction of sp³-hybridized carbons (Fsp3) is 0.182. The summed E-state index contributed by atoms with van der Waals surface area (Å²) in [5.41, 5.74) is -1.82. The summed E-state index contributed by atoms with van der Waals surface area (Å²) in [5.74, 6) is 0.494. The second kappa shape index (κ2) is 4.71. The van der Waals surface area contributed by atoms with E-state index in [0.717, 1.165) is 0 Å². The van der Waals surface area contributed by atoms with E-state index in [1.54, 1.807) is 0 Å². The van der Waals surface area contributed by atoms with Crippen molar-refractivity contribution < 1.29 is 22.7 Å². The third-order valence-electron chi connectivity index (χ3n) is 2.39. The molecule has 19 heavy (non-hydrogen) atoms. The van der Waals surface area contributed by atoms with Crippen LogP contribution >= 0.6 is 0 Å². The zero-order valence-corrected chi connectivity index (χ0v) is 9.68. The van der Waals surface area contributed by atoms with E-state index in [1.165, 1.54) is 31.4 Å². The quantitative estimate of drug-likeness (QED) is 0.802. The van der Waals surface area contributed by atoms with Crippen molar-refractivity contribution >= 4 is 6.29 Å². The minimum absolute atomic E-state index is 0.0237. The zero-order valence-electron chi connectivity index (χ0n) is 9.68. The standard InChI is InChI=1S/C11H8F3N3O2/c1-19-8-4-2-7(3-5-8)17-10(11(12,13)14)9(6-18)15-16-17/h2-6H,1H3. The molecule has 0 aliphatic heterocycles. The number of carbonyl (C=O) groups is 1. The van der Waals surface area contributed by atoms with E-state index in [4.69, 9.17) is 4.74 Å². The van der Waals surface area contributed by atoms with Gasteiger partial charge in [-0.05, 0) is 24.3 Å². The van der Waals surface area contributed by atoms with Crippen LogP contribution in [0.5, 0.6) is 5.75 Å². The highest BCUT2D eigenvalue weighted by Gasteiger charge is 2.39. The van der Waals surface area contributed by atoms with Crippen LogP contribution < -0.4 is 4.74 Å². The number of hydrogen-bond donors (Lipinski definition) is 0. The number of ether oxygens (including phenoxy) is 1. The monoisotopic (exact) mass is 271 g/mol. The summed E-state index contributed by atoms with van der Waals surface area (Å²) in [6, 6.07) is 5.74. The number of carbonyl (C=O) groups excluding carboxylic acids is 1. The molecule has 1 heterocycles. The molecule has 0 unspecified atom stereocenters. The van der Waals surface area contributed by atoms with Crippen LogP contribution in [0.4, 0.5) is 13.2 Å². The van der Waals surface area contributed by atoms with E-state index < -0.39 is 17.6 Å². The maximum atomic E-state index is 12.9. The molecular formula is C11H8F3N3O2. The van der Waals surface area contributed by atoms with E-state index in [-0.39, 0.29) is 12.0 Å². The number of hydrogen-bond acceptors (Lipinski definition) is 4. The zero-order chi connectivity index (χ0) is 14.0. The second-order valence-electron chi connectivity index (χ2n) is 3.55. The van der Waals surface area contributed by atoms with Gasteiger partial charge in [-0.3, -0.25) is 4.79 Å². The van der Waals surface area contributed by atoms with Crippen LogP contribution in [-0.4, -0.2) is 28.4 Å². The van der Waals surface area contributed by atoms with Gasteiger partial charge in [0.15, 0.2) is 17.7 Å². The summed E-state index contributed by atoms with van der Waals surface area (Å²) in [5, 5.41) is 6.57. The second-order valence-corrected chi connectivity index (χ2v) is 3.55. The molecule has 0 fully saturated rings. The number of nitrogens with zero attached hydrogens (tertiary/aromatic N) is 3. The highest BCUT2D eigenvalue weighted by atomic mass is 19.4. The fourth-order valence-corrected chi connectivity index (χ4v) is 1.54. The lowest BCUT2D eigenvalue weighted by Gasteiger charge is -2.10. The molecule has 0 atom stereocenters. The van der Waals surface area contributed by atoms with Crippen molar-refractivity contribution in [3.05, 3.63) is 35.7 Å². The van der Waals surface area contributed by atoms with Gasteiger partial charge in [-0.25, -0.2) is 4.68 Å². The minimum Gasteiger partial charge on any atom is -0.497 e. The minimum atomic E-state index is -4.72. The van der Waals surface area contributed by atoms with Gasteiger partial charge in [0.2, 0.25) is 0 Å². The average molecular weight is 271 g/mol. The number of halogens is 3. The Bertz CT molecular complexity index is 590. The molecule has 0 aliphatic carbocycles. The molecule has 0 amide bonds. The molecule has 2 aromatic rings. The molecule has 1 aromatic carbocycles. The molecule has 0 N–H and O–H groups in total. The Balaban J connectivity index is 2.55.